The van der Waals surface area contributed by atoms with Gasteiger partial charge in [-0.05, 0) is 19.1 Å². The molecule has 2 atom stereocenters. The molecule has 0 heterocycles. The summed E-state index contributed by atoms with van der Waals surface area (Å²) in [7, 11) is 0. The Balaban J connectivity index is 2.59. The first-order valence-corrected chi connectivity index (χ1v) is 6.35. The van der Waals surface area contributed by atoms with Crippen molar-refractivity contribution in [2.75, 3.05) is 6.61 Å². The summed E-state index contributed by atoms with van der Waals surface area (Å²) in [6, 6.07) is 3.10. The Labute approximate surface area is 125 Å². The van der Waals surface area contributed by atoms with Crippen LogP contribution >= 0.6 is 23.2 Å². The molecule has 0 aliphatic rings. The number of halogens is 2. The molecule has 0 bridgehead atoms. The monoisotopic (exact) mass is 321 g/mol. The third kappa shape index (κ3) is 4.88. The number of carbonyl (C=O) groups is 2. The summed E-state index contributed by atoms with van der Waals surface area (Å²) in [6.45, 7) is 0.810. The van der Waals surface area contributed by atoms with Gasteiger partial charge in [-0.3, -0.25) is 4.79 Å². The maximum Gasteiger partial charge on any atom is 0.328 e. The molecule has 0 aromatic heterocycles. The predicted molar refractivity (Wildman–Crippen MR) is 73.2 cm³/mol. The van der Waals surface area contributed by atoms with Gasteiger partial charge in [-0.2, -0.15) is 0 Å². The van der Waals surface area contributed by atoms with Gasteiger partial charge in [0.05, 0.1) is 11.1 Å². The zero-order chi connectivity index (χ0) is 15.3. The maximum absolute atomic E-state index is 11.5. The minimum absolute atomic E-state index is 0.207. The number of aliphatic hydroxyl groups excluding tert-OH is 1. The average molecular weight is 322 g/mol. The van der Waals surface area contributed by atoms with E-state index >= 15 is 0 Å². The summed E-state index contributed by atoms with van der Waals surface area (Å²) in [5.41, 5.74) is 0. The highest BCUT2D eigenvalue weighted by Gasteiger charge is 2.25. The molecular formula is C12H13Cl2NO5. The van der Waals surface area contributed by atoms with E-state index in [1.54, 1.807) is 6.07 Å². The number of benzene rings is 1. The molecule has 1 aromatic carbocycles. The number of hydrogen-bond donors (Lipinski definition) is 3. The van der Waals surface area contributed by atoms with E-state index in [-0.39, 0.29) is 10.8 Å². The summed E-state index contributed by atoms with van der Waals surface area (Å²) in [4.78, 5) is 22.3. The summed E-state index contributed by atoms with van der Waals surface area (Å²) in [5.74, 6) is -1.83. The standard InChI is InChI=1S/C12H13Cl2NO5/c1-6(16)11(12(18)19)15-10(17)5-20-9-4-7(13)2-3-8(9)14/h2-4,6,11,16H,5H2,1H3,(H,15,17)(H,18,19). The summed E-state index contributed by atoms with van der Waals surface area (Å²) < 4.78 is 5.14. The van der Waals surface area contributed by atoms with Gasteiger partial charge in [-0.15, -0.1) is 0 Å². The largest absolute Gasteiger partial charge is 0.482 e. The van der Waals surface area contributed by atoms with Crippen LogP contribution in [0, 0.1) is 0 Å². The molecule has 0 saturated carbocycles. The van der Waals surface area contributed by atoms with Crippen molar-refractivity contribution in [2.24, 2.45) is 0 Å². The molecular weight excluding hydrogens is 309 g/mol. The third-order valence-corrected chi connectivity index (χ3v) is 2.86. The maximum atomic E-state index is 11.5. The van der Waals surface area contributed by atoms with Crippen LogP contribution in [0.4, 0.5) is 0 Å². The Kier molecular flexibility index (Phi) is 6.06. The molecule has 0 saturated heterocycles. The number of amides is 1. The number of carboxylic acid groups (broad SMARTS) is 1. The molecule has 110 valence electrons. The van der Waals surface area contributed by atoms with Crippen LogP contribution in [0.3, 0.4) is 0 Å². The van der Waals surface area contributed by atoms with Crippen LogP contribution < -0.4 is 10.1 Å². The minimum atomic E-state index is -1.40. The van der Waals surface area contributed by atoms with Crippen LogP contribution in [0.15, 0.2) is 18.2 Å². The number of carboxylic acids is 1. The van der Waals surface area contributed by atoms with E-state index in [9.17, 15) is 14.7 Å². The van der Waals surface area contributed by atoms with E-state index < -0.39 is 30.6 Å². The number of hydrogen-bond acceptors (Lipinski definition) is 4. The molecule has 20 heavy (non-hydrogen) atoms. The molecule has 1 rings (SSSR count). The molecule has 8 heteroatoms. The highest BCUT2D eigenvalue weighted by atomic mass is 35.5. The lowest BCUT2D eigenvalue weighted by atomic mass is 10.2. The lowest BCUT2D eigenvalue weighted by Gasteiger charge is -2.17. The van der Waals surface area contributed by atoms with Crippen molar-refractivity contribution >= 4 is 35.1 Å². The van der Waals surface area contributed by atoms with Crippen LogP contribution in [-0.2, 0) is 9.59 Å². The van der Waals surface area contributed by atoms with E-state index in [1.807, 2.05) is 0 Å². The SMILES string of the molecule is CC(O)C(NC(=O)COc1cc(Cl)ccc1Cl)C(=O)O. The second-order valence-corrected chi connectivity index (χ2v) is 4.83. The third-order valence-electron chi connectivity index (χ3n) is 2.32. The van der Waals surface area contributed by atoms with Crippen LogP contribution in [-0.4, -0.2) is 40.8 Å². The number of aliphatic hydroxyl groups is 1. The van der Waals surface area contributed by atoms with Gasteiger partial charge in [0.1, 0.15) is 5.75 Å². The van der Waals surface area contributed by atoms with Gasteiger partial charge in [-0.1, -0.05) is 23.2 Å². The molecule has 3 N–H and O–H groups in total. The summed E-state index contributed by atoms with van der Waals surface area (Å²) in [5, 5.41) is 20.8. The molecule has 0 radical (unpaired) electrons. The lowest BCUT2D eigenvalue weighted by Crippen LogP contribution is -2.49. The molecule has 1 amide bonds. The zero-order valence-corrected chi connectivity index (χ0v) is 12.0. The van der Waals surface area contributed by atoms with Crippen molar-refractivity contribution in [3.05, 3.63) is 28.2 Å². The molecule has 1 aromatic rings. The van der Waals surface area contributed by atoms with Crippen molar-refractivity contribution in [3.63, 3.8) is 0 Å². The van der Waals surface area contributed by atoms with Crippen LogP contribution in [0.5, 0.6) is 5.75 Å². The summed E-state index contributed by atoms with van der Waals surface area (Å²) >= 11 is 11.6. The van der Waals surface area contributed by atoms with Crippen LogP contribution in [0.2, 0.25) is 10.0 Å². The van der Waals surface area contributed by atoms with Crippen LogP contribution in [0.1, 0.15) is 6.92 Å². The fourth-order valence-corrected chi connectivity index (χ4v) is 1.67. The van der Waals surface area contributed by atoms with E-state index in [4.69, 9.17) is 33.0 Å². The van der Waals surface area contributed by atoms with Gasteiger partial charge in [0.15, 0.2) is 12.6 Å². The van der Waals surface area contributed by atoms with E-state index in [2.05, 4.69) is 5.32 Å². The highest BCUT2D eigenvalue weighted by Crippen LogP contribution is 2.27. The van der Waals surface area contributed by atoms with Gasteiger partial charge >= 0.3 is 5.97 Å². The van der Waals surface area contributed by atoms with Gasteiger partial charge in [-0.25, -0.2) is 4.79 Å². The Morgan fingerprint density at radius 1 is 1.40 bits per heavy atom. The highest BCUT2D eigenvalue weighted by molar-refractivity contribution is 6.34. The first-order chi connectivity index (χ1) is 9.31. The second kappa shape index (κ2) is 7.33. The predicted octanol–water partition coefficient (Wildman–Crippen LogP) is 1.32. The second-order valence-electron chi connectivity index (χ2n) is 3.99. The van der Waals surface area contributed by atoms with E-state index in [1.165, 1.54) is 19.1 Å². The molecule has 0 spiro atoms. The molecule has 0 fully saturated rings. The molecule has 2 unspecified atom stereocenters. The smallest absolute Gasteiger partial charge is 0.328 e. The minimum Gasteiger partial charge on any atom is -0.482 e. The molecule has 6 nitrogen and oxygen atoms in total. The Morgan fingerprint density at radius 3 is 2.60 bits per heavy atom. The van der Waals surface area contributed by atoms with Crippen molar-refractivity contribution in [3.8, 4) is 5.75 Å². The zero-order valence-electron chi connectivity index (χ0n) is 10.5. The number of nitrogens with one attached hydrogen (secondary N) is 1. The fraction of sp³-hybridized carbons (Fsp3) is 0.333. The first-order valence-electron chi connectivity index (χ1n) is 5.59. The molecule has 0 aliphatic carbocycles. The lowest BCUT2D eigenvalue weighted by molar-refractivity contribution is -0.145. The van der Waals surface area contributed by atoms with Crippen molar-refractivity contribution in [1.82, 2.24) is 5.32 Å². The topological polar surface area (TPSA) is 95.9 Å². The Morgan fingerprint density at radius 2 is 2.05 bits per heavy atom. The Bertz CT molecular complexity index is 507. The summed E-state index contributed by atoms with van der Waals surface area (Å²) in [6.07, 6.45) is -1.23. The number of ether oxygens (including phenoxy) is 1. The number of rotatable bonds is 6. The average Bonchev–Trinajstić information content (AvgIpc) is 2.36. The van der Waals surface area contributed by atoms with E-state index in [0.29, 0.717) is 5.02 Å². The normalized spacial score (nSPS) is 13.4. The number of carbonyl (C=O) groups excluding carboxylic acids is 1. The van der Waals surface area contributed by atoms with Crippen LogP contribution in [0.25, 0.3) is 0 Å². The Hall–Kier alpha value is -1.50. The van der Waals surface area contributed by atoms with Crippen molar-refractivity contribution < 1.29 is 24.5 Å². The van der Waals surface area contributed by atoms with Gasteiger partial charge < -0.3 is 20.3 Å². The van der Waals surface area contributed by atoms with Gasteiger partial charge in [0, 0.05) is 11.1 Å². The fourth-order valence-electron chi connectivity index (χ4n) is 1.33. The first kappa shape index (κ1) is 16.6. The quantitative estimate of drug-likeness (QED) is 0.734. The number of aliphatic carboxylic acids is 1. The van der Waals surface area contributed by atoms with Crippen molar-refractivity contribution in [1.29, 1.82) is 0 Å². The van der Waals surface area contributed by atoms with Crippen molar-refractivity contribution in [2.45, 2.75) is 19.1 Å². The van der Waals surface area contributed by atoms with Gasteiger partial charge in [0.25, 0.3) is 5.91 Å². The van der Waals surface area contributed by atoms with Gasteiger partial charge in [0.2, 0.25) is 0 Å². The van der Waals surface area contributed by atoms with E-state index in [0.717, 1.165) is 0 Å². The molecule has 0 aliphatic heterocycles.